The summed E-state index contributed by atoms with van der Waals surface area (Å²) < 4.78 is 51.8. The Labute approximate surface area is 309 Å². The third-order valence-electron chi connectivity index (χ3n) is 11.0. The molecule has 4 aliphatic rings. The number of nitriles is 1. The van der Waals surface area contributed by atoms with Crippen molar-refractivity contribution in [1.82, 2.24) is 25.0 Å². The number of likely N-dealkylation sites (tertiary alicyclic amines) is 1. The molecule has 280 valence electrons. The molecule has 0 aliphatic carbocycles. The van der Waals surface area contributed by atoms with Crippen molar-refractivity contribution in [2.45, 2.75) is 48.4 Å². The summed E-state index contributed by atoms with van der Waals surface area (Å²) in [6, 6.07) is 13.9. The average molecular weight is 746 g/mol. The van der Waals surface area contributed by atoms with Crippen molar-refractivity contribution >= 4 is 27.6 Å². The van der Waals surface area contributed by atoms with Crippen molar-refractivity contribution in [2.24, 2.45) is 0 Å². The highest BCUT2D eigenvalue weighted by atomic mass is 32.2. The predicted molar refractivity (Wildman–Crippen MR) is 192 cm³/mol. The molecule has 0 saturated carbocycles. The molecule has 3 aromatic rings. The number of hydrogen-bond donors (Lipinski definition) is 1. The second kappa shape index (κ2) is 14.5. The zero-order valence-electron chi connectivity index (χ0n) is 30.1. The van der Waals surface area contributed by atoms with Crippen molar-refractivity contribution in [3.63, 3.8) is 0 Å². The third kappa shape index (κ3) is 6.21. The lowest BCUT2D eigenvalue weighted by molar-refractivity contribution is -0.132. The molecule has 1 N–H and O–H groups in total. The molecule has 3 saturated heterocycles. The number of benzene rings is 2. The molecule has 0 bridgehead atoms. The summed E-state index contributed by atoms with van der Waals surface area (Å²) >= 11 is 0. The van der Waals surface area contributed by atoms with Gasteiger partial charge in [-0.05, 0) is 62.2 Å². The van der Waals surface area contributed by atoms with Gasteiger partial charge in [0.25, 0.3) is 15.9 Å². The molecule has 16 heteroatoms. The molecule has 0 radical (unpaired) electrons. The van der Waals surface area contributed by atoms with Crippen LogP contribution >= 0.6 is 0 Å². The molecule has 1 aromatic heterocycles. The van der Waals surface area contributed by atoms with Crippen LogP contribution in [0.4, 0.5) is 10.5 Å². The standard InChI is InChI=1S/C37H43N7O8S/c1-24-31(23-52-24)42-14-11-26(12-15-42)41-16-18-43(19-17-41)36(46)40-37(28-6-5-13-39-34(28)51-4)29-20-25(22-38)7-9-30(29)44(35(37)45)53(47,48)33-10-8-27(49-2)21-32(33)50-3/h5-10,13,20-21,24,26,31H,11-12,14-19,23H2,1-4H3,(H,40,46)/t24-,31?,37+/m0/s1. The smallest absolute Gasteiger partial charge is 0.318 e. The highest BCUT2D eigenvalue weighted by molar-refractivity contribution is 7.93. The van der Waals surface area contributed by atoms with E-state index in [4.69, 9.17) is 18.9 Å². The van der Waals surface area contributed by atoms with Crippen LogP contribution in [-0.2, 0) is 25.1 Å². The monoisotopic (exact) mass is 745 g/mol. The summed E-state index contributed by atoms with van der Waals surface area (Å²) in [7, 11) is -0.586. The van der Waals surface area contributed by atoms with Crippen molar-refractivity contribution in [3.05, 3.63) is 71.4 Å². The predicted octanol–water partition coefficient (Wildman–Crippen LogP) is 2.54. The van der Waals surface area contributed by atoms with Gasteiger partial charge in [-0.2, -0.15) is 9.57 Å². The third-order valence-corrected chi connectivity index (χ3v) is 12.7. The number of anilines is 1. The topological polar surface area (TPSA) is 167 Å². The Bertz CT molecular complexity index is 2040. The number of ether oxygens (including phenoxy) is 4. The summed E-state index contributed by atoms with van der Waals surface area (Å²) in [5.41, 5.74) is -1.87. The molecule has 2 aromatic carbocycles. The second-order valence-corrected chi connectivity index (χ2v) is 15.3. The van der Waals surface area contributed by atoms with Crippen molar-refractivity contribution in [2.75, 3.05) is 71.5 Å². The van der Waals surface area contributed by atoms with Crippen LogP contribution in [0.25, 0.3) is 0 Å². The maximum absolute atomic E-state index is 15.2. The number of sulfonamides is 1. The Kier molecular flexibility index (Phi) is 9.94. The SMILES string of the molecule is COc1ccc(S(=O)(=O)N2C(=O)[C@@](NC(=O)N3CCN(C4CCN(C5CO[C@H]5C)CC4)CC3)(c3cccnc3OC)c3cc(C#N)ccc32)c(OC)c1. The number of nitrogens with zero attached hydrogens (tertiary/aromatic N) is 6. The van der Waals surface area contributed by atoms with E-state index in [9.17, 15) is 18.5 Å². The molecule has 5 heterocycles. The minimum absolute atomic E-state index is 0.00486. The van der Waals surface area contributed by atoms with E-state index < -0.39 is 27.5 Å². The minimum Gasteiger partial charge on any atom is -0.497 e. The summed E-state index contributed by atoms with van der Waals surface area (Å²) in [6.07, 6.45) is 3.81. The van der Waals surface area contributed by atoms with Crippen LogP contribution in [0.2, 0.25) is 0 Å². The van der Waals surface area contributed by atoms with Gasteiger partial charge in [0.1, 0.15) is 16.4 Å². The van der Waals surface area contributed by atoms with Gasteiger partial charge in [0.05, 0.1) is 63.0 Å². The van der Waals surface area contributed by atoms with Crippen LogP contribution in [0.15, 0.2) is 59.6 Å². The number of aromatic nitrogens is 1. The molecule has 3 amide bonds. The number of pyridine rings is 1. The van der Waals surface area contributed by atoms with Crippen LogP contribution in [0.3, 0.4) is 0 Å². The average Bonchev–Trinajstić information content (AvgIpc) is 3.44. The fraction of sp³-hybridized carbons (Fsp3) is 0.459. The maximum Gasteiger partial charge on any atom is 0.318 e. The number of piperidine rings is 1. The molecule has 4 aliphatic heterocycles. The first-order valence-corrected chi connectivity index (χ1v) is 19.0. The van der Waals surface area contributed by atoms with Gasteiger partial charge in [-0.1, -0.05) is 0 Å². The van der Waals surface area contributed by atoms with Crippen molar-refractivity contribution < 1.29 is 37.0 Å². The second-order valence-electron chi connectivity index (χ2n) is 13.6. The zero-order chi connectivity index (χ0) is 37.5. The lowest BCUT2D eigenvalue weighted by Gasteiger charge is -2.48. The van der Waals surface area contributed by atoms with Crippen LogP contribution < -0.4 is 23.8 Å². The Balaban J connectivity index is 1.22. The van der Waals surface area contributed by atoms with Gasteiger partial charge >= 0.3 is 6.03 Å². The zero-order valence-corrected chi connectivity index (χ0v) is 31.0. The van der Waals surface area contributed by atoms with Gasteiger partial charge in [0.15, 0.2) is 5.54 Å². The van der Waals surface area contributed by atoms with E-state index in [2.05, 4.69) is 33.1 Å². The van der Waals surface area contributed by atoms with Crippen LogP contribution in [0.5, 0.6) is 17.4 Å². The molecule has 3 atom stereocenters. The molecule has 0 spiro atoms. The first-order valence-electron chi connectivity index (χ1n) is 17.6. The van der Waals surface area contributed by atoms with Crippen LogP contribution in [0.1, 0.15) is 36.5 Å². The van der Waals surface area contributed by atoms with E-state index in [-0.39, 0.29) is 45.0 Å². The molecule has 3 fully saturated rings. The molecule has 1 unspecified atom stereocenters. The molecule has 53 heavy (non-hydrogen) atoms. The molecule has 7 rings (SSSR count). The number of hydrogen-bond acceptors (Lipinski definition) is 12. The largest absolute Gasteiger partial charge is 0.497 e. The van der Waals surface area contributed by atoms with Gasteiger partial charge in [-0.25, -0.2) is 18.2 Å². The van der Waals surface area contributed by atoms with Crippen molar-refractivity contribution in [3.8, 4) is 23.4 Å². The van der Waals surface area contributed by atoms with E-state index in [0.717, 1.165) is 32.5 Å². The van der Waals surface area contributed by atoms with E-state index in [1.54, 1.807) is 17.0 Å². The fourth-order valence-corrected chi connectivity index (χ4v) is 9.57. The highest BCUT2D eigenvalue weighted by Gasteiger charge is 2.59. The van der Waals surface area contributed by atoms with Gasteiger partial charge in [0.2, 0.25) is 5.88 Å². The van der Waals surface area contributed by atoms with Gasteiger partial charge in [0, 0.05) is 63.1 Å². The van der Waals surface area contributed by atoms with Crippen LogP contribution in [-0.4, -0.2) is 125 Å². The number of carbonyl (C=O) groups excluding carboxylic acids is 2. The molecule has 15 nitrogen and oxygen atoms in total. The number of nitrogens with one attached hydrogen (secondary N) is 1. The number of fused-ring (bicyclic) bond motifs is 1. The van der Waals surface area contributed by atoms with Crippen molar-refractivity contribution in [1.29, 1.82) is 5.26 Å². The number of piperazine rings is 1. The number of carbonyl (C=O) groups is 2. The van der Waals surface area contributed by atoms with Gasteiger partial charge < -0.3 is 29.2 Å². The lowest BCUT2D eigenvalue weighted by Crippen LogP contribution is -2.62. The Morgan fingerprint density at radius 3 is 2.34 bits per heavy atom. The minimum atomic E-state index is -4.70. The van der Waals surface area contributed by atoms with Gasteiger partial charge in [-0.3, -0.25) is 14.6 Å². The molecular formula is C37H43N7O8S. The number of rotatable bonds is 9. The first kappa shape index (κ1) is 36.4. The van der Waals surface area contributed by atoms with Gasteiger partial charge in [-0.15, -0.1) is 0 Å². The number of amides is 3. The molecular weight excluding hydrogens is 703 g/mol. The maximum atomic E-state index is 15.2. The highest BCUT2D eigenvalue weighted by Crippen LogP contribution is 2.50. The van der Waals surface area contributed by atoms with E-state index in [1.165, 1.54) is 63.9 Å². The first-order chi connectivity index (χ1) is 25.6. The Morgan fingerprint density at radius 2 is 1.72 bits per heavy atom. The Hall–Kier alpha value is -4.95. The summed E-state index contributed by atoms with van der Waals surface area (Å²) in [5, 5.41) is 12.9. The van der Waals surface area contributed by atoms with E-state index >= 15 is 4.79 Å². The lowest BCUT2D eigenvalue weighted by atomic mass is 9.83. The summed E-state index contributed by atoms with van der Waals surface area (Å²) in [4.78, 5) is 40.1. The Morgan fingerprint density at radius 1 is 0.962 bits per heavy atom. The normalized spacial score (nSPS) is 23.9. The van der Waals surface area contributed by atoms with E-state index in [1.807, 2.05) is 0 Å². The number of methoxy groups -OCH3 is 3. The van der Waals surface area contributed by atoms with Crippen LogP contribution in [0, 0.1) is 11.3 Å². The summed E-state index contributed by atoms with van der Waals surface area (Å²) in [6.45, 7) is 6.99. The fourth-order valence-electron chi connectivity index (χ4n) is 7.96. The summed E-state index contributed by atoms with van der Waals surface area (Å²) in [5.74, 6) is -0.715. The van der Waals surface area contributed by atoms with E-state index in [0.29, 0.717) is 48.3 Å². The quantitative estimate of drug-likeness (QED) is 0.341. The number of urea groups is 1.